The highest BCUT2D eigenvalue weighted by atomic mass is 32.2. The van der Waals surface area contributed by atoms with Crippen LogP contribution in [0.25, 0.3) is 0 Å². The summed E-state index contributed by atoms with van der Waals surface area (Å²) in [5.41, 5.74) is -0.854. The second-order valence-corrected chi connectivity index (χ2v) is 10.5. The molecule has 0 bridgehead atoms. The molecule has 1 aromatic rings. The molecule has 0 amide bonds. The second-order valence-electron chi connectivity index (χ2n) is 6.45. The normalized spacial score (nSPS) is 22.8. The number of aryl methyl sites for hydroxylation is 1. The van der Waals surface area contributed by atoms with Gasteiger partial charge in [0.1, 0.15) is 0 Å². The van der Waals surface area contributed by atoms with E-state index in [0.29, 0.717) is 5.56 Å². The van der Waals surface area contributed by atoms with Crippen molar-refractivity contribution in [2.24, 2.45) is 0 Å². The van der Waals surface area contributed by atoms with E-state index >= 15 is 0 Å². The molecular weight excluding hydrogens is 366 g/mol. The maximum Gasteiger partial charge on any atom is 0.335 e. The SMILES string of the molecule is C=CCN([C@]1(C)CCS(=O)(=O)C1)S(=O)(=O)c1cc(C(=O)O)ccc1C. The third kappa shape index (κ3) is 3.78. The Kier molecular flexibility index (Phi) is 5.13. The first-order chi connectivity index (χ1) is 11.4. The first-order valence-electron chi connectivity index (χ1n) is 7.61. The molecule has 0 aromatic heterocycles. The maximum absolute atomic E-state index is 13.2. The lowest BCUT2D eigenvalue weighted by Gasteiger charge is -2.36. The second kappa shape index (κ2) is 6.54. The molecule has 2 rings (SSSR count). The summed E-state index contributed by atoms with van der Waals surface area (Å²) in [5, 5.41) is 9.13. The molecule has 0 saturated carbocycles. The maximum atomic E-state index is 13.2. The number of hydrogen-bond acceptors (Lipinski definition) is 5. The van der Waals surface area contributed by atoms with Gasteiger partial charge < -0.3 is 5.11 Å². The summed E-state index contributed by atoms with van der Waals surface area (Å²) in [4.78, 5) is 11.0. The van der Waals surface area contributed by atoms with Crippen molar-refractivity contribution >= 4 is 25.8 Å². The summed E-state index contributed by atoms with van der Waals surface area (Å²) >= 11 is 0. The molecule has 1 aromatic carbocycles. The number of carboxylic acid groups (broad SMARTS) is 1. The summed E-state index contributed by atoms with van der Waals surface area (Å²) in [6, 6.07) is 3.86. The smallest absolute Gasteiger partial charge is 0.335 e. The Hall–Kier alpha value is -1.71. The quantitative estimate of drug-likeness (QED) is 0.740. The molecule has 1 aliphatic rings. The van der Waals surface area contributed by atoms with Gasteiger partial charge in [-0.05, 0) is 38.0 Å². The number of sulfonamides is 1. The van der Waals surface area contributed by atoms with Gasteiger partial charge in [-0.2, -0.15) is 4.31 Å². The van der Waals surface area contributed by atoms with Crippen LogP contribution in [-0.4, -0.2) is 55.8 Å². The number of rotatable bonds is 6. The zero-order valence-corrected chi connectivity index (χ0v) is 15.7. The fraction of sp³-hybridized carbons (Fsp3) is 0.438. The van der Waals surface area contributed by atoms with Gasteiger partial charge in [0.15, 0.2) is 9.84 Å². The Labute approximate surface area is 147 Å². The van der Waals surface area contributed by atoms with Crippen molar-refractivity contribution in [3.05, 3.63) is 42.0 Å². The summed E-state index contributed by atoms with van der Waals surface area (Å²) in [6.07, 6.45) is 1.57. The Morgan fingerprint density at radius 3 is 2.56 bits per heavy atom. The van der Waals surface area contributed by atoms with Gasteiger partial charge in [-0.15, -0.1) is 6.58 Å². The first kappa shape index (κ1) is 19.6. The van der Waals surface area contributed by atoms with Crippen LogP contribution in [0.1, 0.15) is 29.3 Å². The van der Waals surface area contributed by atoms with Gasteiger partial charge in [0, 0.05) is 12.1 Å². The number of benzene rings is 1. The molecule has 1 saturated heterocycles. The van der Waals surface area contributed by atoms with Gasteiger partial charge in [-0.3, -0.25) is 0 Å². The minimum Gasteiger partial charge on any atom is -0.478 e. The number of hydrogen-bond donors (Lipinski definition) is 1. The molecule has 1 atom stereocenters. The van der Waals surface area contributed by atoms with E-state index in [0.717, 1.165) is 10.4 Å². The van der Waals surface area contributed by atoms with Gasteiger partial charge in [-0.1, -0.05) is 12.1 Å². The average molecular weight is 387 g/mol. The number of carboxylic acids is 1. The van der Waals surface area contributed by atoms with E-state index in [9.17, 15) is 21.6 Å². The number of carbonyl (C=O) groups is 1. The van der Waals surface area contributed by atoms with Gasteiger partial charge in [0.2, 0.25) is 10.0 Å². The Bertz CT molecular complexity index is 920. The molecule has 0 unspecified atom stereocenters. The van der Waals surface area contributed by atoms with E-state index in [4.69, 9.17) is 5.11 Å². The number of nitrogens with zero attached hydrogens (tertiary/aromatic N) is 1. The van der Waals surface area contributed by atoms with Crippen molar-refractivity contribution in [2.75, 3.05) is 18.1 Å². The molecule has 7 nitrogen and oxygen atoms in total. The third-order valence-electron chi connectivity index (χ3n) is 4.38. The van der Waals surface area contributed by atoms with E-state index in [1.54, 1.807) is 13.8 Å². The van der Waals surface area contributed by atoms with Crippen molar-refractivity contribution in [1.82, 2.24) is 4.31 Å². The van der Waals surface area contributed by atoms with Crippen LogP contribution in [-0.2, 0) is 19.9 Å². The zero-order valence-electron chi connectivity index (χ0n) is 14.1. The largest absolute Gasteiger partial charge is 0.478 e. The van der Waals surface area contributed by atoms with Crippen LogP contribution in [0.15, 0.2) is 35.7 Å². The Morgan fingerprint density at radius 1 is 1.44 bits per heavy atom. The standard InChI is InChI=1S/C16H21NO6S2/c1-4-8-17(16(3)7-9-24(20,21)11-16)25(22,23)14-10-13(15(18)19)6-5-12(14)2/h4-6,10H,1,7-9,11H2,2-3H3,(H,18,19)/t16-/m1/s1. The summed E-state index contributed by atoms with van der Waals surface area (Å²) in [7, 11) is -7.43. The molecule has 9 heteroatoms. The molecule has 25 heavy (non-hydrogen) atoms. The molecular formula is C16H21NO6S2. The van der Waals surface area contributed by atoms with Crippen LogP contribution in [0.2, 0.25) is 0 Å². The average Bonchev–Trinajstić information content (AvgIpc) is 2.78. The summed E-state index contributed by atoms with van der Waals surface area (Å²) < 4.78 is 51.3. The molecule has 1 N–H and O–H groups in total. The van der Waals surface area contributed by atoms with E-state index in [1.807, 2.05) is 0 Å². The molecule has 1 heterocycles. The van der Waals surface area contributed by atoms with Gasteiger partial charge in [-0.25, -0.2) is 21.6 Å². The van der Waals surface area contributed by atoms with Crippen molar-refractivity contribution in [3.8, 4) is 0 Å². The van der Waals surface area contributed by atoms with Crippen LogP contribution in [0.5, 0.6) is 0 Å². The van der Waals surface area contributed by atoms with Crippen LogP contribution in [0.4, 0.5) is 0 Å². The van der Waals surface area contributed by atoms with Crippen molar-refractivity contribution in [1.29, 1.82) is 0 Å². The van der Waals surface area contributed by atoms with E-state index in [1.165, 1.54) is 18.2 Å². The Morgan fingerprint density at radius 2 is 2.08 bits per heavy atom. The van der Waals surface area contributed by atoms with Crippen LogP contribution in [0.3, 0.4) is 0 Å². The van der Waals surface area contributed by atoms with Crippen LogP contribution < -0.4 is 0 Å². The molecule has 0 aliphatic carbocycles. The predicted octanol–water partition coefficient (Wildman–Crippen LogP) is 1.45. The number of aromatic carboxylic acids is 1. The minimum atomic E-state index is -4.11. The minimum absolute atomic E-state index is 0.0644. The predicted molar refractivity (Wildman–Crippen MR) is 93.9 cm³/mol. The van der Waals surface area contributed by atoms with E-state index in [2.05, 4.69) is 6.58 Å². The van der Waals surface area contributed by atoms with Crippen LogP contribution >= 0.6 is 0 Å². The molecule has 1 fully saturated rings. The first-order valence-corrected chi connectivity index (χ1v) is 10.9. The summed E-state index contributed by atoms with van der Waals surface area (Å²) in [5.74, 6) is -1.59. The topological polar surface area (TPSA) is 109 Å². The lowest BCUT2D eigenvalue weighted by atomic mass is 10.0. The molecule has 0 spiro atoms. The monoisotopic (exact) mass is 387 g/mol. The van der Waals surface area contributed by atoms with Crippen molar-refractivity contribution in [3.63, 3.8) is 0 Å². The highest BCUT2D eigenvalue weighted by molar-refractivity contribution is 7.92. The third-order valence-corrected chi connectivity index (χ3v) is 8.44. The fourth-order valence-corrected chi connectivity index (χ4v) is 7.30. The molecule has 0 radical (unpaired) electrons. The highest BCUT2D eigenvalue weighted by Crippen LogP contribution is 2.35. The lowest BCUT2D eigenvalue weighted by molar-refractivity contribution is 0.0696. The van der Waals surface area contributed by atoms with Crippen LogP contribution in [0, 0.1) is 6.92 Å². The van der Waals surface area contributed by atoms with Gasteiger partial charge in [0.05, 0.1) is 22.0 Å². The van der Waals surface area contributed by atoms with E-state index < -0.39 is 31.4 Å². The highest BCUT2D eigenvalue weighted by Gasteiger charge is 2.47. The zero-order chi connectivity index (χ0) is 19.0. The lowest BCUT2D eigenvalue weighted by Crippen LogP contribution is -2.50. The van der Waals surface area contributed by atoms with E-state index in [-0.39, 0.29) is 34.9 Å². The van der Waals surface area contributed by atoms with Crippen molar-refractivity contribution < 1.29 is 26.7 Å². The molecule has 138 valence electrons. The molecule has 1 aliphatic heterocycles. The van der Waals surface area contributed by atoms with Gasteiger partial charge in [0.25, 0.3) is 0 Å². The Balaban J connectivity index is 2.60. The van der Waals surface area contributed by atoms with Gasteiger partial charge >= 0.3 is 5.97 Å². The summed E-state index contributed by atoms with van der Waals surface area (Å²) in [6.45, 7) is 6.66. The van der Waals surface area contributed by atoms with Crippen molar-refractivity contribution in [2.45, 2.75) is 30.7 Å². The fourth-order valence-electron chi connectivity index (χ4n) is 3.05. The number of sulfone groups is 1.